The first-order chi connectivity index (χ1) is 6.61. The van der Waals surface area contributed by atoms with E-state index in [-0.39, 0.29) is 0 Å². The minimum Gasteiger partial charge on any atom is -0.299 e. The van der Waals surface area contributed by atoms with Gasteiger partial charge in [-0.1, -0.05) is 36.2 Å². The average Bonchev–Trinajstić information content (AvgIpc) is 2.01. The van der Waals surface area contributed by atoms with Gasteiger partial charge in [-0.2, -0.15) is 0 Å². The molecule has 0 spiro atoms. The number of aryl methyl sites for hydroxylation is 2. The standard InChI is InChI=1S/C13H18O/c1-4-5-13(14)9-12-7-10(2)6-11(3)8-12/h6-8H,4-5,9H2,1-3H3. The molecule has 0 amide bonds. The number of carbonyl (C=O) groups is 1. The summed E-state index contributed by atoms with van der Waals surface area (Å²) in [5, 5.41) is 0. The van der Waals surface area contributed by atoms with E-state index >= 15 is 0 Å². The van der Waals surface area contributed by atoms with E-state index in [2.05, 4.69) is 32.0 Å². The quantitative estimate of drug-likeness (QED) is 0.712. The monoisotopic (exact) mass is 190 g/mol. The number of benzene rings is 1. The Kier molecular flexibility index (Phi) is 3.87. The van der Waals surface area contributed by atoms with E-state index in [0.29, 0.717) is 18.6 Å². The van der Waals surface area contributed by atoms with Gasteiger partial charge in [0.1, 0.15) is 5.78 Å². The second kappa shape index (κ2) is 4.94. The SMILES string of the molecule is CCCC(=O)Cc1cc(C)cc(C)c1. The van der Waals surface area contributed by atoms with Crippen LogP contribution >= 0.6 is 0 Å². The normalized spacial score (nSPS) is 10.2. The van der Waals surface area contributed by atoms with E-state index in [0.717, 1.165) is 12.0 Å². The van der Waals surface area contributed by atoms with Crippen LogP contribution in [0.15, 0.2) is 18.2 Å². The van der Waals surface area contributed by atoms with Crippen molar-refractivity contribution in [2.45, 2.75) is 40.0 Å². The number of hydrogen-bond acceptors (Lipinski definition) is 1. The summed E-state index contributed by atoms with van der Waals surface area (Å²) >= 11 is 0. The zero-order valence-electron chi connectivity index (χ0n) is 9.26. The summed E-state index contributed by atoms with van der Waals surface area (Å²) in [4.78, 5) is 11.4. The maximum Gasteiger partial charge on any atom is 0.137 e. The third-order valence-corrected chi connectivity index (χ3v) is 2.21. The van der Waals surface area contributed by atoms with E-state index in [1.54, 1.807) is 0 Å². The number of Topliss-reactive ketones (excluding diaryl/α,β-unsaturated/α-hetero) is 1. The van der Waals surface area contributed by atoms with Crippen LogP contribution in [0.3, 0.4) is 0 Å². The highest BCUT2D eigenvalue weighted by Crippen LogP contribution is 2.10. The summed E-state index contributed by atoms with van der Waals surface area (Å²) in [6, 6.07) is 6.33. The highest BCUT2D eigenvalue weighted by atomic mass is 16.1. The van der Waals surface area contributed by atoms with Gasteiger partial charge in [0.15, 0.2) is 0 Å². The van der Waals surface area contributed by atoms with Gasteiger partial charge < -0.3 is 0 Å². The van der Waals surface area contributed by atoms with Crippen molar-refractivity contribution in [3.8, 4) is 0 Å². The number of carbonyl (C=O) groups excluding carboxylic acids is 1. The first-order valence-corrected chi connectivity index (χ1v) is 5.20. The van der Waals surface area contributed by atoms with Gasteiger partial charge in [-0.15, -0.1) is 0 Å². The lowest BCUT2D eigenvalue weighted by molar-refractivity contribution is -0.118. The molecule has 0 aliphatic carbocycles. The van der Waals surface area contributed by atoms with Crippen molar-refractivity contribution in [3.63, 3.8) is 0 Å². The fraction of sp³-hybridized carbons (Fsp3) is 0.462. The van der Waals surface area contributed by atoms with Crippen molar-refractivity contribution >= 4 is 5.78 Å². The van der Waals surface area contributed by atoms with Crippen molar-refractivity contribution in [2.24, 2.45) is 0 Å². The lowest BCUT2D eigenvalue weighted by Crippen LogP contribution is -2.02. The summed E-state index contributed by atoms with van der Waals surface area (Å²) < 4.78 is 0. The summed E-state index contributed by atoms with van der Waals surface area (Å²) in [5.74, 6) is 0.345. The van der Waals surface area contributed by atoms with Crippen LogP contribution in [0.2, 0.25) is 0 Å². The van der Waals surface area contributed by atoms with Crippen molar-refractivity contribution in [1.29, 1.82) is 0 Å². The molecule has 0 fully saturated rings. The van der Waals surface area contributed by atoms with Crippen molar-refractivity contribution < 1.29 is 4.79 Å². The Morgan fingerprint density at radius 1 is 1.14 bits per heavy atom. The predicted molar refractivity (Wildman–Crippen MR) is 59.5 cm³/mol. The largest absolute Gasteiger partial charge is 0.299 e. The Labute approximate surface area is 86.1 Å². The minimum absolute atomic E-state index is 0.345. The first-order valence-electron chi connectivity index (χ1n) is 5.20. The number of rotatable bonds is 4. The highest BCUT2D eigenvalue weighted by Gasteiger charge is 2.03. The Hall–Kier alpha value is -1.11. The van der Waals surface area contributed by atoms with Crippen molar-refractivity contribution in [3.05, 3.63) is 34.9 Å². The molecule has 0 aromatic heterocycles. The Morgan fingerprint density at radius 2 is 1.71 bits per heavy atom. The Balaban J connectivity index is 2.71. The number of ketones is 1. The summed E-state index contributed by atoms with van der Waals surface area (Å²) in [5.41, 5.74) is 3.63. The van der Waals surface area contributed by atoms with E-state index in [1.165, 1.54) is 11.1 Å². The van der Waals surface area contributed by atoms with Crippen LogP contribution in [0.1, 0.15) is 36.5 Å². The molecule has 0 N–H and O–H groups in total. The van der Waals surface area contributed by atoms with E-state index in [4.69, 9.17) is 0 Å². The molecule has 0 unspecified atom stereocenters. The molecule has 0 bridgehead atoms. The van der Waals surface area contributed by atoms with Gasteiger partial charge in [0.25, 0.3) is 0 Å². The molecule has 0 heterocycles. The lowest BCUT2D eigenvalue weighted by atomic mass is 10.0. The molecule has 0 saturated carbocycles. The fourth-order valence-electron chi connectivity index (χ4n) is 1.77. The maximum atomic E-state index is 11.4. The van der Waals surface area contributed by atoms with Crippen LogP contribution < -0.4 is 0 Å². The molecular formula is C13H18O. The molecule has 1 aromatic carbocycles. The topological polar surface area (TPSA) is 17.1 Å². The molecule has 0 aliphatic rings. The molecule has 0 saturated heterocycles. The van der Waals surface area contributed by atoms with E-state index < -0.39 is 0 Å². The fourth-order valence-corrected chi connectivity index (χ4v) is 1.77. The molecule has 0 aliphatic heterocycles. The molecule has 1 heteroatoms. The van der Waals surface area contributed by atoms with Gasteiger partial charge in [0, 0.05) is 12.8 Å². The molecule has 76 valence electrons. The second-order valence-electron chi connectivity index (χ2n) is 3.96. The third kappa shape index (κ3) is 3.33. The van der Waals surface area contributed by atoms with Crippen LogP contribution in [0, 0.1) is 13.8 Å². The van der Waals surface area contributed by atoms with Gasteiger partial charge in [-0.3, -0.25) is 4.79 Å². The minimum atomic E-state index is 0.345. The van der Waals surface area contributed by atoms with Crippen LogP contribution in [-0.2, 0) is 11.2 Å². The lowest BCUT2D eigenvalue weighted by Gasteiger charge is -2.03. The Bertz CT molecular complexity index is 306. The van der Waals surface area contributed by atoms with Crippen LogP contribution in [0.25, 0.3) is 0 Å². The molecule has 14 heavy (non-hydrogen) atoms. The predicted octanol–water partition coefficient (Wildman–Crippen LogP) is 3.22. The molecule has 0 atom stereocenters. The maximum absolute atomic E-state index is 11.4. The zero-order valence-corrected chi connectivity index (χ0v) is 9.26. The van der Waals surface area contributed by atoms with Crippen LogP contribution in [0.5, 0.6) is 0 Å². The number of hydrogen-bond donors (Lipinski definition) is 0. The second-order valence-corrected chi connectivity index (χ2v) is 3.96. The van der Waals surface area contributed by atoms with Crippen molar-refractivity contribution in [2.75, 3.05) is 0 Å². The van der Waals surface area contributed by atoms with Gasteiger partial charge in [-0.05, 0) is 25.8 Å². The molecule has 1 rings (SSSR count). The summed E-state index contributed by atoms with van der Waals surface area (Å²) in [6.45, 7) is 6.18. The Morgan fingerprint density at radius 3 is 2.21 bits per heavy atom. The van der Waals surface area contributed by atoms with E-state index in [9.17, 15) is 4.79 Å². The highest BCUT2D eigenvalue weighted by molar-refractivity contribution is 5.80. The van der Waals surface area contributed by atoms with Crippen molar-refractivity contribution in [1.82, 2.24) is 0 Å². The molecule has 1 nitrogen and oxygen atoms in total. The first kappa shape index (κ1) is 11.0. The zero-order chi connectivity index (χ0) is 10.6. The molecule has 0 radical (unpaired) electrons. The third-order valence-electron chi connectivity index (χ3n) is 2.21. The van der Waals surface area contributed by atoms with Crippen LogP contribution in [0.4, 0.5) is 0 Å². The van der Waals surface area contributed by atoms with Gasteiger partial charge in [-0.25, -0.2) is 0 Å². The summed E-state index contributed by atoms with van der Waals surface area (Å²) in [7, 11) is 0. The molecule has 1 aromatic rings. The van der Waals surface area contributed by atoms with Gasteiger partial charge >= 0.3 is 0 Å². The van der Waals surface area contributed by atoms with E-state index in [1.807, 2.05) is 6.92 Å². The van der Waals surface area contributed by atoms with Crippen LogP contribution in [-0.4, -0.2) is 5.78 Å². The molecular weight excluding hydrogens is 172 g/mol. The summed E-state index contributed by atoms with van der Waals surface area (Å²) in [6.07, 6.45) is 2.24. The van der Waals surface area contributed by atoms with Gasteiger partial charge in [0.05, 0.1) is 0 Å². The van der Waals surface area contributed by atoms with Gasteiger partial charge in [0.2, 0.25) is 0 Å². The average molecular weight is 190 g/mol. The smallest absolute Gasteiger partial charge is 0.137 e.